The summed E-state index contributed by atoms with van der Waals surface area (Å²) in [6.07, 6.45) is 5.36. The summed E-state index contributed by atoms with van der Waals surface area (Å²) in [5.41, 5.74) is 0.798. The van der Waals surface area contributed by atoms with E-state index in [2.05, 4.69) is 23.4 Å². The molecular weight excluding hydrogens is 316 g/mol. The number of aliphatic imine (C=N–C) groups is 1. The molecule has 1 aromatic rings. The van der Waals surface area contributed by atoms with Crippen molar-refractivity contribution in [2.45, 2.75) is 31.7 Å². The third-order valence-electron chi connectivity index (χ3n) is 3.13. The molecule has 0 aromatic carbocycles. The largest absolute Gasteiger partial charge is 0.462 e. The lowest BCUT2D eigenvalue weighted by Gasteiger charge is -2.19. The van der Waals surface area contributed by atoms with Gasteiger partial charge in [-0.2, -0.15) is 10.4 Å². The number of ether oxygens (including phenoxy) is 1. The molecule has 0 bridgehead atoms. The van der Waals surface area contributed by atoms with Crippen LogP contribution in [0.25, 0.3) is 0 Å². The van der Waals surface area contributed by atoms with Crippen LogP contribution < -0.4 is 0 Å². The Hall–Kier alpha value is -2.39. The van der Waals surface area contributed by atoms with Gasteiger partial charge >= 0.3 is 5.97 Å². The van der Waals surface area contributed by atoms with Gasteiger partial charge in [0.2, 0.25) is 0 Å². The van der Waals surface area contributed by atoms with Crippen LogP contribution in [0.3, 0.4) is 0 Å². The lowest BCUT2D eigenvalue weighted by atomic mass is 10.1. The van der Waals surface area contributed by atoms with Crippen molar-refractivity contribution in [3.63, 3.8) is 0 Å². The Labute approximate surface area is 140 Å². The van der Waals surface area contributed by atoms with E-state index in [1.165, 1.54) is 10.9 Å². The van der Waals surface area contributed by atoms with Crippen molar-refractivity contribution in [2.24, 2.45) is 4.99 Å². The van der Waals surface area contributed by atoms with Crippen LogP contribution in [0.1, 0.15) is 42.4 Å². The number of hydrogen-bond acceptors (Lipinski definition) is 5. The molecule has 0 N–H and O–H groups in total. The van der Waals surface area contributed by atoms with Crippen molar-refractivity contribution >= 4 is 24.3 Å². The molecule has 1 aromatic heterocycles. The summed E-state index contributed by atoms with van der Waals surface area (Å²) in [5, 5.41) is 13.2. The highest BCUT2D eigenvalue weighted by Gasteiger charge is 2.25. The van der Waals surface area contributed by atoms with Crippen LogP contribution in [-0.4, -0.2) is 34.5 Å². The van der Waals surface area contributed by atoms with Crippen LogP contribution in [0.15, 0.2) is 35.6 Å². The van der Waals surface area contributed by atoms with E-state index < -0.39 is 5.97 Å². The maximum absolute atomic E-state index is 11.9. The Morgan fingerprint density at radius 1 is 1.70 bits per heavy atom. The minimum Gasteiger partial charge on any atom is -0.462 e. The fourth-order valence-electron chi connectivity index (χ4n) is 1.96. The molecule has 23 heavy (non-hydrogen) atoms. The molecule has 0 amide bonds. The first kappa shape index (κ1) is 18.7. The number of halogens is 1. The number of hydrogen-bond donors (Lipinski definition) is 0. The number of nitriles is 1. The summed E-state index contributed by atoms with van der Waals surface area (Å²) in [7, 11) is 0. The maximum Gasteiger partial charge on any atom is 0.342 e. The van der Waals surface area contributed by atoms with Gasteiger partial charge in [0.25, 0.3) is 0 Å². The zero-order chi connectivity index (χ0) is 17.4. The van der Waals surface area contributed by atoms with E-state index in [1.54, 1.807) is 19.9 Å². The van der Waals surface area contributed by atoms with Gasteiger partial charge in [0.15, 0.2) is 5.69 Å². The fraction of sp³-hybridized carbons (Fsp3) is 0.375. The molecule has 2 atom stereocenters. The second kappa shape index (κ2) is 8.91. The quantitative estimate of drug-likeness (QED) is 0.316. The van der Waals surface area contributed by atoms with Crippen molar-refractivity contribution in [2.75, 3.05) is 6.61 Å². The van der Waals surface area contributed by atoms with E-state index in [4.69, 9.17) is 16.3 Å². The molecule has 0 aliphatic carbocycles. The summed E-state index contributed by atoms with van der Waals surface area (Å²) in [6.45, 7) is 10.8. The topological polar surface area (TPSA) is 80.3 Å². The minimum absolute atomic E-state index is 0.134. The summed E-state index contributed by atoms with van der Waals surface area (Å²) >= 11 is 6.23. The number of carbonyl (C=O) groups is 1. The molecule has 0 aliphatic heterocycles. The fourth-order valence-corrected chi connectivity index (χ4v) is 2.17. The summed E-state index contributed by atoms with van der Waals surface area (Å²) in [5.74, 6) is -0.573. The lowest BCUT2D eigenvalue weighted by molar-refractivity contribution is 0.0526. The number of alkyl halides is 1. The minimum atomic E-state index is -0.573. The van der Waals surface area contributed by atoms with Gasteiger partial charge in [-0.15, -0.1) is 11.6 Å². The van der Waals surface area contributed by atoms with E-state index in [0.717, 1.165) is 0 Å². The zero-order valence-electron chi connectivity index (χ0n) is 13.2. The van der Waals surface area contributed by atoms with Crippen LogP contribution in [0.2, 0.25) is 0 Å². The molecule has 0 spiro atoms. The zero-order valence-corrected chi connectivity index (χ0v) is 14.0. The van der Waals surface area contributed by atoms with Gasteiger partial charge in [-0.05, 0) is 33.1 Å². The van der Waals surface area contributed by atoms with Crippen molar-refractivity contribution in [1.29, 1.82) is 5.26 Å². The molecule has 1 unspecified atom stereocenters. The van der Waals surface area contributed by atoms with Crippen molar-refractivity contribution in [1.82, 2.24) is 9.78 Å². The number of allylic oxidation sites excluding steroid dienone is 2. The van der Waals surface area contributed by atoms with Crippen LogP contribution in [0.4, 0.5) is 0 Å². The van der Waals surface area contributed by atoms with Crippen molar-refractivity contribution in [3.05, 3.63) is 41.9 Å². The SMILES string of the molecule is C=NC(=C)/C=C\C[C@H](C(C)Cl)n1ncc(C(=O)OCC)c1C#N. The average Bonchev–Trinajstić information content (AvgIpc) is 2.94. The Bertz CT molecular complexity index is 656. The molecule has 122 valence electrons. The third-order valence-corrected chi connectivity index (χ3v) is 3.42. The van der Waals surface area contributed by atoms with Crippen LogP contribution in [0.5, 0.6) is 0 Å². The van der Waals surface area contributed by atoms with Gasteiger partial charge in [-0.1, -0.05) is 12.7 Å². The number of rotatable bonds is 8. The molecule has 0 radical (unpaired) electrons. The molecule has 1 heterocycles. The first-order chi connectivity index (χ1) is 11.0. The normalized spacial score (nSPS) is 13.3. The summed E-state index contributed by atoms with van der Waals surface area (Å²) < 4.78 is 6.39. The highest BCUT2D eigenvalue weighted by molar-refractivity contribution is 6.20. The molecule has 7 heteroatoms. The highest BCUT2D eigenvalue weighted by atomic mass is 35.5. The van der Waals surface area contributed by atoms with Crippen molar-refractivity contribution in [3.8, 4) is 6.07 Å². The van der Waals surface area contributed by atoms with Gasteiger partial charge in [0.1, 0.15) is 11.6 Å². The number of nitrogens with zero attached hydrogens (tertiary/aromatic N) is 4. The molecule has 0 saturated heterocycles. The summed E-state index contributed by atoms with van der Waals surface area (Å²) in [4.78, 5) is 15.6. The highest BCUT2D eigenvalue weighted by Crippen LogP contribution is 2.24. The number of aromatic nitrogens is 2. The van der Waals surface area contributed by atoms with E-state index in [9.17, 15) is 10.1 Å². The monoisotopic (exact) mass is 334 g/mol. The van der Waals surface area contributed by atoms with Crippen molar-refractivity contribution < 1.29 is 9.53 Å². The van der Waals surface area contributed by atoms with Crippen LogP contribution >= 0.6 is 11.6 Å². The van der Waals surface area contributed by atoms with Gasteiger partial charge in [-0.25, -0.2) is 9.48 Å². The molecular formula is C16H19ClN4O2. The number of esters is 1. The predicted octanol–water partition coefficient (Wildman–Crippen LogP) is 3.26. The molecule has 6 nitrogen and oxygen atoms in total. The lowest BCUT2D eigenvalue weighted by Crippen LogP contribution is -2.20. The van der Waals surface area contributed by atoms with E-state index in [1.807, 2.05) is 12.1 Å². The Balaban J connectivity index is 3.11. The van der Waals surface area contributed by atoms with Crippen LogP contribution in [0, 0.1) is 11.3 Å². The molecule has 1 rings (SSSR count). The molecule has 0 saturated carbocycles. The smallest absolute Gasteiger partial charge is 0.342 e. The van der Waals surface area contributed by atoms with Gasteiger partial charge < -0.3 is 4.74 Å². The van der Waals surface area contributed by atoms with E-state index in [-0.39, 0.29) is 29.3 Å². The third kappa shape index (κ3) is 4.80. The Kier molecular flexibility index (Phi) is 7.23. The Morgan fingerprint density at radius 3 is 2.91 bits per heavy atom. The van der Waals surface area contributed by atoms with Crippen LogP contribution in [-0.2, 0) is 4.74 Å². The first-order valence-electron chi connectivity index (χ1n) is 7.07. The van der Waals surface area contributed by atoms with Gasteiger partial charge in [0, 0.05) is 0 Å². The standard InChI is InChI=1S/C16H19ClN4O2/c1-5-23-16(22)13-10-20-21(15(13)9-18)14(12(3)17)8-6-7-11(2)19-4/h6-7,10,12,14H,2,4-5,8H2,1,3H3/b7-6-/t12?,14-/m1/s1. The van der Waals surface area contributed by atoms with E-state index in [0.29, 0.717) is 12.1 Å². The molecule has 0 aliphatic rings. The second-order valence-electron chi connectivity index (χ2n) is 4.72. The average molecular weight is 335 g/mol. The maximum atomic E-state index is 11.9. The second-order valence-corrected chi connectivity index (χ2v) is 5.40. The Morgan fingerprint density at radius 2 is 2.39 bits per heavy atom. The van der Waals surface area contributed by atoms with Gasteiger partial charge in [0.05, 0.1) is 29.9 Å². The molecule has 0 fully saturated rings. The van der Waals surface area contributed by atoms with E-state index >= 15 is 0 Å². The number of carbonyl (C=O) groups excluding carboxylic acids is 1. The predicted molar refractivity (Wildman–Crippen MR) is 89.7 cm³/mol. The van der Waals surface area contributed by atoms with Gasteiger partial charge in [-0.3, -0.25) is 4.99 Å². The summed E-state index contributed by atoms with van der Waals surface area (Å²) in [6, 6.07) is 1.70. The first-order valence-corrected chi connectivity index (χ1v) is 7.50.